The predicted molar refractivity (Wildman–Crippen MR) is 37.3 cm³/mol. The van der Waals surface area contributed by atoms with Crippen molar-refractivity contribution in [2.24, 2.45) is 0 Å². The first-order chi connectivity index (χ1) is 4.43. The maximum absolute atomic E-state index is 3.66. The van der Waals surface area contributed by atoms with E-state index in [1.807, 2.05) is 24.7 Å². The standard InChI is InChI=1S/C8H11N/c9-7-6-8-4-2-1-3-5-8/h1-5,7H,6H2,9H3. The fourth-order valence-corrected chi connectivity index (χ4v) is 0.781. The lowest BCUT2D eigenvalue weighted by Crippen LogP contribution is -2.45. The topological polar surface area (TPSA) is 27.6 Å². The van der Waals surface area contributed by atoms with Crippen LogP contribution in [-0.4, -0.2) is 0 Å². The second kappa shape index (κ2) is 3.25. The van der Waals surface area contributed by atoms with Crippen LogP contribution in [0, 0.1) is 6.54 Å². The minimum atomic E-state index is 0.973. The Morgan fingerprint density at radius 3 is 2.44 bits per heavy atom. The van der Waals surface area contributed by atoms with E-state index in [-0.39, 0.29) is 0 Å². The van der Waals surface area contributed by atoms with E-state index in [2.05, 4.69) is 17.9 Å². The summed E-state index contributed by atoms with van der Waals surface area (Å²) in [6.45, 7) is 1.91. The lowest BCUT2D eigenvalue weighted by molar-refractivity contribution is -0.316. The first kappa shape index (κ1) is 6.30. The number of rotatable bonds is 2. The van der Waals surface area contributed by atoms with Gasteiger partial charge < -0.3 is 5.73 Å². The third-order valence-electron chi connectivity index (χ3n) is 1.22. The van der Waals surface area contributed by atoms with E-state index in [4.69, 9.17) is 0 Å². The first-order valence-electron chi connectivity index (χ1n) is 3.08. The molecule has 0 unspecified atom stereocenters. The van der Waals surface area contributed by atoms with E-state index in [9.17, 15) is 0 Å². The van der Waals surface area contributed by atoms with E-state index < -0.39 is 0 Å². The number of benzene rings is 1. The van der Waals surface area contributed by atoms with E-state index >= 15 is 0 Å². The van der Waals surface area contributed by atoms with Crippen molar-refractivity contribution in [3.05, 3.63) is 42.4 Å². The molecule has 0 aliphatic carbocycles. The monoisotopic (exact) mass is 121 g/mol. The first-order valence-corrected chi connectivity index (χ1v) is 3.08. The molecule has 0 bridgehead atoms. The van der Waals surface area contributed by atoms with Gasteiger partial charge in [-0.05, 0) is 0 Å². The van der Waals surface area contributed by atoms with Crippen LogP contribution in [-0.2, 0) is 6.42 Å². The van der Waals surface area contributed by atoms with Crippen LogP contribution in [0.1, 0.15) is 5.56 Å². The summed E-state index contributed by atoms with van der Waals surface area (Å²) in [5.74, 6) is 0. The molecule has 1 heteroatoms. The Bertz CT molecular complexity index is 157. The van der Waals surface area contributed by atoms with E-state index in [1.54, 1.807) is 0 Å². The number of hydrogen-bond acceptors (Lipinski definition) is 0. The molecule has 1 aromatic rings. The fraction of sp³-hybridized carbons (Fsp3) is 0.125. The predicted octanol–water partition coefficient (Wildman–Crippen LogP) is 0.633. The van der Waals surface area contributed by atoms with Crippen LogP contribution in [0.5, 0.6) is 0 Å². The molecule has 0 heterocycles. The Kier molecular flexibility index (Phi) is 2.28. The Labute approximate surface area is 55.5 Å². The smallest absolute Gasteiger partial charge is 0.0615 e. The summed E-state index contributed by atoms with van der Waals surface area (Å²) in [7, 11) is 0. The van der Waals surface area contributed by atoms with E-state index in [1.165, 1.54) is 5.56 Å². The van der Waals surface area contributed by atoms with Gasteiger partial charge in [0.15, 0.2) is 0 Å². The van der Waals surface area contributed by atoms with E-state index in [0.717, 1.165) is 6.42 Å². The quantitative estimate of drug-likeness (QED) is 0.556. The molecule has 0 saturated carbocycles. The van der Waals surface area contributed by atoms with Gasteiger partial charge in [-0.3, -0.25) is 0 Å². The van der Waals surface area contributed by atoms with Crippen molar-refractivity contribution in [2.75, 3.05) is 0 Å². The molecule has 0 atom stereocenters. The van der Waals surface area contributed by atoms with Gasteiger partial charge in [0.2, 0.25) is 0 Å². The van der Waals surface area contributed by atoms with Crippen LogP contribution in [0.2, 0.25) is 0 Å². The van der Waals surface area contributed by atoms with Crippen molar-refractivity contribution in [2.45, 2.75) is 6.42 Å². The zero-order valence-corrected chi connectivity index (χ0v) is 5.38. The molecule has 0 spiro atoms. The van der Waals surface area contributed by atoms with Crippen LogP contribution in [0.15, 0.2) is 30.3 Å². The van der Waals surface area contributed by atoms with Crippen LogP contribution >= 0.6 is 0 Å². The largest absolute Gasteiger partial charge is 0.487 e. The minimum Gasteiger partial charge on any atom is -0.487 e. The third kappa shape index (κ3) is 1.86. The zero-order valence-electron chi connectivity index (χ0n) is 5.38. The Hall–Kier alpha value is -0.820. The van der Waals surface area contributed by atoms with Gasteiger partial charge in [-0.1, -0.05) is 35.9 Å². The molecular weight excluding hydrogens is 110 g/mol. The molecule has 3 N–H and O–H groups in total. The second-order valence-electron chi connectivity index (χ2n) is 1.98. The van der Waals surface area contributed by atoms with Gasteiger partial charge in [0, 0.05) is 0 Å². The van der Waals surface area contributed by atoms with Crippen molar-refractivity contribution in [1.82, 2.24) is 0 Å². The highest BCUT2D eigenvalue weighted by Crippen LogP contribution is 1.97. The summed E-state index contributed by atoms with van der Waals surface area (Å²) < 4.78 is 0. The summed E-state index contributed by atoms with van der Waals surface area (Å²) in [5.41, 5.74) is 4.98. The average molecular weight is 121 g/mol. The highest BCUT2D eigenvalue weighted by atomic mass is 14.5. The maximum atomic E-state index is 3.66. The molecule has 1 aromatic carbocycles. The van der Waals surface area contributed by atoms with Gasteiger partial charge in [-0.15, -0.1) is 13.0 Å². The van der Waals surface area contributed by atoms with Crippen molar-refractivity contribution >= 4 is 0 Å². The summed E-state index contributed by atoms with van der Waals surface area (Å²) in [6.07, 6.45) is 0.973. The van der Waals surface area contributed by atoms with Crippen molar-refractivity contribution in [3.63, 3.8) is 0 Å². The second-order valence-corrected chi connectivity index (χ2v) is 1.98. The van der Waals surface area contributed by atoms with Crippen molar-refractivity contribution in [1.29, 1.82) is 0 Å². The number of hydrogen-bond donors (Lipinski definition) is 1. The van der Waals surface area contributed by atoms with Gasteiger partial charge in [0.05, 0.1) is 0 Å². The molecule has 1 nitrogen and oxygen atoms in total. The van der Waals surface area contributed by atoms with Crippen molar-refractivity contribution in [3.8, 4) is 0 Å². The molecule has 0 aliphatic heterocycles. The van der Waals surface area contributed by atoms with Crippen LogP contribution in [0.3, 0.4) is 0 Å². The molecule has 0 fully saturated rings. The highest BCUT2D eigenvalue weighted by molar-refractivity contribution is 5.15. The fourth-order valence-electron chi connectivity index (χ4n) is 0.781. The van der Waals surface area contributed by atoms with Gasteiger partial charge in [0.25, 0.3) is 0 Å². The van der Waals surface area contributed by atoms with Gasteiger partial charge >= 0.3 is 0 Å². The third-order valence-corrected chi connectivity index (χ3v) is 1.22. The highest BCUT2D eigenvalue weighted by Gasteiger charge is 1.80. The average Bonchev–Trinajstić information content (AvgIpc) is 1.91. The summed E-state index contributed by atoms with van der Waals surface area (Å²) >= 11 is 0. The normalized spacial score (nSPS) is 9.44. The molecule has 48 valence electrons. The molecular formula is C8H11N. The van der Waals surface area contributed by atoms with E-state index in [0.29, 0.717) is 0 Å². The van der Waals surface area contributed by atoms with Crippen molar-refractivity contribution < 1.29 is 5.73 Å². The zero-order chi connectivity index (χ0) is 6.53. The summed E-state index contributed by atoms with van der Waals surface area (Å²) in [6, 6.07) is 10.3. The molecule has 1 rings (SSSR count). The Morgan fingerprint density at radius 1 is 1.22 bits per heavy atom. The molecule has 0 saturated heterocycles. The lowest BCUT2D eigenvalue weighted by Gasteiger charge is -1.99. The molecule has 0 aliphatic rings. The Balaban J connectivity index is 2.61. The minimum absolute atomic E-state index is 0.973. The SMILES string of the molecule is [NH3+][CH-]Cc1ccccc1. The Morgan fingerprint density at radius 2 is 1.89 bits per heavy atom. The molecule has 0 amide bonds. The van der Waals surface area contributed by atoms with Crippen LogP contribution in [0.25, 0.3) is 0 Å². The van der Waals surface area contributed by atoms with Gasteiger partial charge in [0.1, 0.15) is 0 Å². The summed E-state index contributed by atoms with van der Waals surface area (Å²) in [4.78, 5) is 0. The molecule has 9 heavy (non-hydrogen) atoms. The lowest BCUT2D eigenvalue weighted by atomic mass is 10.2. The maximum Gasteiger partial charge on any atom is -0.0615 e. The summed E-state index contributed by atoms with van der Waals surface area (Å²) in [5, 5.41) is 0. The van der Waals surface area contributed by atoms with Crippen LogP contribution in [0.4, 0.5) is 0 Å². The van der Waals surface area contributed by atoms with Gasteiger partial charge in [-0.25, -0.2) is 0 Å². The number of quaternary nitrogens is 1. The van der Waals surface area contributed by atoms with Gasteiger partial charge in [-0.2, -0.15) is 0 Å². The van der Waals surface area contributed by atoms with Crippen LogP contribution < -0.4 is 5.73 Å². The molecule has 0 radical (unpaired) electrons. The molecule has 0 aromatic heterocycles.